The maximum absolute atomic E-state index is 6.11. The minimum atomic E-state index is 0.333. The summed E-state index contributed by atoms with van der Waals surface area (Å²) >= 11 is 0. The summed E-state index contributed by atoms with van der Waals surface area (Å²) in [5, 5.41) is 0. The third-order valence-electron chi connectivity index (χ3n) is 3.91. The SMILES string of the molecule is CCCCCCCCCCCC(N)CCCC(C)N. The summed E-state index contributed by atoms with van der Waals surface area (Å²) < 4.78 is 0. The molecule has 0 heterocycles. The van der Waals surface area contributed by atoms with Crippen LogP contribution in [0.3, 0.4) is 0 Å². The van der Waals surface area contributed by atoms with Gasteiger partial charge in [-0.25, -0.2) is 0 Å². The largest absolute Gasteiger partial charge is 0.328 e. The van der Waals surface area contributed by atoms with Gasteiger partial charge in [-0.15, -0.1) is 0 Å². The van der Waals surface area contributed by atoms with Crippen molar-refractivity contribution in [1.82, 2.24) is 0 Å². The van der Waals surface area contributed by atoms with Gasteiger partial charge in [-0.3, -0.25) is 0 Å². The molecule has 0 aliphatic heterocycles. The van der Waals surface area contributed by atoms with E-state index in [-0.39, 0.29) is 0 Å². The lowest BCUT2D eigenvalue weighted by Crippen LogP contribution is -2.21. The molecule has 0 amide bonds. The summed E-state index contributed by atoms with van der Waals surface area (Å²) in [7, 11) is 0. The van der Waals surface area contributed by atoms with Crippen LogP contribution in [0.4, 0.5) is 0 Å². The van der Waals surface area contributed by atoms with Gasteiger partial charge in [-0.2, -0.15) is 0 Å². The van der Waals surface area contributed by atoms with Crippen LogP contribution in [0.5, 0.6) is 0 Å². The Morgan fingerprint density at radius 1 is 0.632 bits per heavy atom. The third-order valence-corrected chi connectivity index (χ3v) is 3.91. The fraction of sp³-hybridized carbons (Fsp3) is 1.00. The second-order valence-corrected chi connectivity index (χ2v) is 6.29. The number of rotatable bonds is 14. The summed E-state index contributed by atoms with van der Waals surface area (Å²) in [4.78, 5) is 0. The average molecular weight is 271 g/mol. The van der Waals surface area contributed by atoms with Gasteiger partial charge in [-0.1, -0.05) is 71.1 Å². The van der Waals surface area contributed by atoms with E-state index in [0.29, 0.717) is 12.1 Å². The molecule has 2 atom stereocenters. The first-order chi connectivity index (χ1) is 9.16. The van der Waals surface area contributed by atoms with E-state index >= 15 is 0 Å². The molecule has 2 unspecified atom stereocenters. The van der Waals surface area contributed by atoms with Gasteiger partial charge in [0.2, 0.25) is 0 Å². The zero-order chi connectivity index (χ0) is 14.3. The number of unbranched alkanes of at least 4 members (excludes halogenated alkanes) is 8. The molecule has 0 spiro atoms. The van der Waals surface area contributed by atoms with Gasteiger partial charge >= 0.3 is 0 Å². The number of hydrogen-bond acceptors (Lipinski definition) is 2. The standard InChI is InChI=1S/C17H38N2/c1-3-4-5-6-7-8-9-10-11-14-17(19)15-12-13-16(2)18/h16-17H,3-15,18-19H2,1-2H3. The van der Waals surface area contributed by atoms with E-state index in [0.717, 1.165) is 12.8 Å². The third kappa shape index (κ3) is 15.9. The second-order valence-electron chi connectivity index (χ2n) is 6.29. The Kier molecular flexibility index (Phi) is 14.3. The Labute approximate surface area is 121 Å². The fourth-order valence-electron chi connectivity index (χ4n) is 2.56. The highest BCUT2D eigenvalue weighted by atomic mass is 14.6. The second kappa shape index (κ2) is 14.3. The minimum absolute atomic E-state index is 0.333. The van der Waals surface area contributed by atoms with Gasteiger partial charge in [0.15, 0.2) is 0 Å². The number of nitrogens with two attached hydrogens (primary N) is 2. The predicted molar refractivity (Wildman–Crippen MR) is 87.3 cm³/mol. The molecule has 2 heteroatoms. The van der Waals surface area contributed by atoms with Crippen molar-refractivity contribution in [2.45, 2.75) is 109 Å². The molecule has 19 heavy (non-hydrogen) atoms. The van der Waals surface area contributed by atoms with Crippen LogP contribution in [-0.2, 0) is 0 Å². The van der Waals surface area contributed by atoms with Crippen LogP contribution in [0.2, 0.25) is 0 Å². The highest BCUT2D eigenvalue weighted by molar-refractivity contribution is 4.63. The first-order valence-electron chi connectivity index (χ1n) is 8.68. The van der Waals surface area contributed by atoms with Crippen LogP contribution in [-0.4, -0.2) is 12.1 Å². The zero-order valence-electron chi connectivity index (χ0n) is 13.5. The van der Waals surface area contributed by atoms with Crippen molar-refractivity contribution in [2.24, 2.45) is 11.5 Å². The molecule has 0 rings (SSSR count). The van der Waals surface area contributed by atoms with Crippen molar-refractivity contribution in [2.75, 3.05) is 0 Å². The Balaban J connectivity index is 3.12. The van der Waals surface area contributed by atoms with Crippen molar-refractivity contribution in [3.05, 3.63) is 0 Å². The Morgan fingerprint density at radius 2 is 1.11 bits per heavy atom. The van der Waals surface area contributed by atoms with E-state index in [1.165, 1.54) is 70.6 Å². The molecule has 0 fully saturated rings. The smallest absolute Gasteiger partial charge is 0.00388 e. The van der Waals surface area contributed by atoms with E-state index in [4.69, 9.17) is 11.5 Å². The first kappa shape index (κ1) is 18.9. The van der Waals surface area contributed by atoms with E-state index in [1.54, 1.807) is 0 Å². The molecule has 0 saturated heterocycles. The monoisotopic (exact) mass is 270 g/mol. The summed E-state index contributed by atoms with van der Waals surface area (Å²) in [5.41, 5.74) is 11.9. The van der Waals surface area contributed by atoms with Gasteiger partial charge in [-0.05, 0) is 26.2 Å². The van der Waals surface area contributed by atoms with Crippen LogP contribution in [0, 0.1) is 0 Å². The van der Waals surface area contributed by atoms with Crippen LogP contribution >= 0.6 is 0 Å². The fourth-order valence-corrected chi connectivity index (χ4v) is 2.56. The van der Waals surface area contributed by atoms with Crippen molar-refractivity contribution in [3.63, 3.8) is 0 Å². The molecule has 0 aliphatic carbocycles. The van der Waals surface area contributed by atoms with Gasteiger partial charge in [0.05, 0.1) is 0 Å². The molecular formula is C17H38N2. The van der Waals surface area contributed by atoms with E-state index in [1.807, 2.05) is 0 Å². The molecule has 2 nitrogen and oxygen atoms in total. The maximum atomic E-state index is 6.11. The van der Waals surface area contributed by atoms with Gasteiger partial charge in [0.25, 0.3) is 0 Å². The van der Waals surface area contributed by atoms with Crippen molar-refractivity contribution < 1.29 is 0 Å². The molecule has 0 aliphatic rings. The Hall–Kier alpha value is -0.0800. The molecule has 0 saturated carbocycles. The molecule has 0 aromatic heterocycles. The molecule has 116 valence electrons. The topological polar surface area (TPSA) is 52.0 Å². The van der Waals surface area contributed by atoms with Crippen LogP contribution in [0.25, 0.3) is 0 Å². The van der Waals surface area contributed by atoms with E-state index in [2.05, 4.69) is 13.8 Å². The van der Waals surface area contributed by atoms with Crippen LogP contribution in [0.15, 0.2) is 0 Å². The normalized spacial score (nSPS) is 14.5. The zero-order valence-corrected chi connectivity index (χ0v) is 13.5. The highest BCUT2D eigenvalue weighted by Crippen LogP contribution is 2.12. The van der Waals surface area contributed by atoms with Crippen molar-refractivity contribution in [3.8, 4) is 0 Å². The highest BCUT2D eigenvalue weighted by Gasteiger charge is 2.03. The maximum Gasteiger partial charge on any atom is 0.00388 e. The molecular weight excluding hydrogens is 232 g/mol. The quantitative estimate of drug-likeness (QED) is 0.447. The summed E-state index contributed by atoms with van der Waals surface area (Å²) in [6, 6.07) is 0.739. The summed E-state index contributed by atoms with van der Waals surface area (Å²) in [5.74, 6) is 0. The molecule has 0 aromatic carbocycles. The lowest BCUT2D eigenvalue weighted by atomic mass is 10.0. The molecule has 0 radical (unpaired) electrons. The Bertz CT molecular complexity index is 169. The van der Waals surface area contributed by atoms with Crippen LogP contribution in [0.1, 0.15) is 97.3 Å². The van der Waals surface area contributed by atoms with Crippen molar-refractivity contribution >= 4 is 0 Å². The lowest BCUT2D eigenvalue weighted by molar-refractivity contribution is 0.479. The van der Waals surface area contributed by atoms with Crippen LogP contribution < -0.4 is 11.5 Å². The summed E-state index contributed by atoms with van der Waals surface area (Å²) in [6.45, 7) is 4.35. The average Bonchev–Trinajstić information content (AvgIpc) is 2.36. The molecule has 4 N–H and O–H groups in total. The van der Waals surface area contributed by atoms with Crippen molar-refractivity contribution in [1.29, 1.82) is 0 Å². The van der Waals surface area contributed by atoms with Gasteiger partial charge in [0.1, 0.15) is 0 Å². The van der Waals surface area contributed by atoms with E-state index in [9.17, 15) is 0 Å². The predicted octanol–water partition coefficient (Wildman–Crippen LogP) is 4.75. The van der Waals surface area contributed by atoms with E-state index < -0.39 is 0 Å². The van der Waals surface area contributed by atoms with Gasteiger partial charge in [0, 0.05) is 12.1 Å². The minimum Gasteiger partial charge on any atom is -0.328 e. The Morgan fingerprint density at radius 3 is 1.63 bits per heavy atom. The molecule has 0 aromatic rings. The summed E-state index contributed by atoms with van der Waals surface area (Å²) in [6.07, 6.45) is 17.2. The molecule has 0 bridgehead atoms. The lowest BCUT2D eigenvalue weighted by Gasteiger charge is -2.12. The van der Waals surface area contributed by atoms with Gasteiger partial charge < -0.3 is 11.5 Å². The number of hydrogen-bond donors (Lipinski definition) is 2. The first-order valence-corrected chi connectivity index (χ1v) is 8.68.